The summed E-state index contributed by atoms with van der Waals surface area (Å²) in [5.41, 5.74) is 2.81. The zero-order valence-electron chi connectivity index (χ0n) is 11.3. The van der Waals surface area contributed by atoms with E-state index in [4.69, 9.17) is 9.84 Å². The first-order valence-corrected chi connectivity index (χ1v) is 6.85. The molecule has 0 amide bonds. The first-order chi connectivity index (χ1) is 9.20. The van der Waals surface area contributed by atoms with E-state index in [1.807, 2.05) is 6.07 Å². The molecule has 19 heavy (non-hydrogen) atoms. The van der Waals surface area contributed by atoms with E-state index in [0.717, 1.165) is 18.6 Å². The van der Waals surface area contributed by atoms with Crippen LogP contribution in [0, 0.1) is 0 Å². The Morgan fingerprint density at radius 3 is 2.79 bits per heavy atom. The maximum absolute atomic E-state index is 10.8. The van der Waals surface area contributed by atoms with Crippen molar-refractivity contribution in [2.24, 2.45) is 0 Å². The fourth-order valence-electron chi connectivity index (χ4n) is 2.49. The molecule has 104 valence electrons. The Hall–Kier alpha value is -1.55. The molecule has 0 saturated heterocycles. The Morgan fingerprint density at radius 1 is 1.37 bits per heavy atom. The lowest BCUT2D eigenvalue weighted by molar-refractivity contribution is -0.139. The van der Waals surface area contributed by atoms with E-state index in [-0.39, 0.29) is 0 Å². The van der Waals surface area contributed by atoms with Crippen molar-refractivity contribution < 1.29 is 14.6 Å². The summed E-state index contributed by atoms with van der Waals surface area (Å²) in [6.45, 7) is 0.413. The van der Waals surface area contributed by atoms with Gasteiger partial charge in [0, 0.05) is 6.42 Å². The number of likely N-dealkylation sites (N-methyl/N-ethyl adjacent to an activating group) is 1. The Bertz CT molecular complexity index is 445. The van der Waals surface area contributed by atoms with Crippen molar-refractivity contribution in [1.29, 1.82) is 0 Å². The summed E-state index contributed by atoms with van der Waals surface area (Å²) in [5.74, 6) is 0.0115. The lowest BCUT2D eigenvalue weighted by Crippen LogP contribution is -2.35. The lowest BCUT2D eigenvalue weighted by Gasteiger charge is -2.17. The minimum Gasteiger partial charge on any atom is -0.494 e. The van der Waals surface area contributed by atoms with E-state index in [1.165, 1.54) is 24.0 Å². The normalized spacial score (nSPS) is 15.6. The molecule has 1 aliphatic rings. The molecule has 0 spiro atoms. The molecule has 0 fully saturated rings. The second-order valence-electron chi connectivity index (χ2n) is 4.95. The van der Waals surface area contributed by atoms with E-state index in [0.29, 0.717) is 13.0 Å². The number of nitrogens with one attached hydrogen (secondary N) is 1. The van der Waals surface area contributed by atoms with Crippen molar-refractivity contribution in [2.45, 2.75) is 38.1 Å². The summed E-state index contributed by atoms with van der Waals surface area (Å²) < 4.78 is 5.65. The molecule has 0 bridgehead atoms. The van der Waals surface area contributed by atoms with Crippen molar-refractivity contribution in [1.82, 2.24) is 5.32 Å². The third-order valence-corrected chi connectivity index (χ3v) is 3.64. The monoisotopic (exact) mass is 263 g/mol. The first kappa shape index (κ1) is 13.9. The molecule has 1 atom stereocenters. The topological polar surface area (TPSA) is 58.6 Å². The van der Waals surface area contributed by atoms with Gasteiger partial charge in [-0.1, -0.05) is 6.07 Å². The summed E-state index contributed by atoms with van der Waals surface area (Å²) in [5, 5.41) is 11.7. The Balaban J connectivity index is 1.88. The highest BCUT2D eigenvalue weighted by Gasteiger charge is 2.15. The van der Waals surface area contributed by atoms with E-state index in [9.17, 15) is 4.79 Å². The van der Waals surface area contributed by atoms with Gasteiger partial charge in [-0.2, -0.15) is 0 Å². The number of carboxylic acid groups (broad SMARTS) is 1. The van der Waals surface area contributed by atoms with Crippen LogP contribution in [0.5, 0.6) is 5.75 Å². The predicted molar refractivity (Wildman–Crippen MR) is 73.7 cm³/mol. The summed E-state index contributed by atoms with van der Waals surface area (Å²) in [4.78, 5) is 10.8. The highest BCUT2D eigenvalue weighted by Crippen LogP contribution is 2.25. The largest absolute Gasteiger partial charge is 0.494 e. The van der Waals surface area contributed by atoms with Gasteiger partial charge in [-0.05, 0) is 56.0 Å². The molecule has 0 saturated carbocycles. The number of aliphatic carboxylic acids is 1. The number of carboxylic acids is 1. The second kappa shape index (κ2) is 6.57. The minimum atomic E-state index is -0.837. The molecule has 2 N–H and O–H groups in total. The van der Waals surface area contributed by atoms with E-state index in [1.54, 1.807) is 7.05 Å². The van der Waals surface area contributed by atoms with Gasteiger partial charge < -0.3 is 15.2 Å². The molecule has 0 radical (unpaired) electrons. The van der Waals surface area contributed by atoms with Crippen LogP contribution < -0.4 is 10.1 Å². The van der Waals surface area contributed by atoms with Gasteiger partial charge in [0.1, 0.15) is 11.8 Å². The van der Waals surface area contributed by atoms with Crippen molar-refractivity contribution in [3.8, 4) is 5.75 Å². The van der Waals surface area contributed by atoms with Gasteiger partial charge >= 0.3 is 5.97 Å². The highest BCUT2D eigenvalue weighted by atomic mass is 16.5. The Labute approximate surface area is 113 Å². The zero-order chi connectivity index (χ0) is 13.7. The number of benzene rings is 1. The summed E-state index contributed by atoms with van der Waals surface area (Å²) in [7, 11) is 1.65. The van der Waals surface area contributed by atoms with Crippen LogP contribution in [0.15, 0.2) is 18.2 Å². The van der Waals surface area contributed by atoms with Crippen LogP contribution in [0.1, 0.15) is 30.4 Å². The number of carbonyl (C=O) groups is 1. The quantitative estimate of drug-likeness (QED) is 0.824. The number of hydrogen-bond donors (Lipinski definition) is 2. The third-order valence-electron chi connectivity index (χ3n) is 3.64. The van der Waals surface area contributed by atoms with Gasteiger partial charge in [0.25, 0.3) is 0 Å². The molecule has 1 aromatic carbocycles. The molecule has 0 aliphatic heterocycles. The number of hydrogen-bond acceptors (Lipinski definition) is 3. The van der Waals surface area contributed by atoms with Crippen LogP contribution in [0.2, 0.25) is 0 Å². The van der Waals surface area contributed by atoms with Gasteiger partial charge in [0.15, 0.2) is 0 Å². The lowest BCUT2D eigenvalue weighted by atomic mass is 9.92. The van der Waals surface area contributed by atoms with Crippen molar-refractivity contribution in [2.75, 3.05) is 13.7 Å². The molecular formula is C15H21NO3. The fourth-order valence-corrected chi connectivity index (χ4v) is 2.49. The van der Waals surface area contributed by atoms with Crippen molar-refractivity contribution in [3.63, 3.8) is 0 Å². The Morgan fingerprint density at radius 2 is 2.11 bits per heavy atom. The Kier molecular flexibility index (Phi) is 4.80. The fraction of sp³-hybridized carbons (Fsp3) is 0.533. The van der Waals surface area contributed by atoms with Crippen LogP contribution in [0.3, 0.4) is 0 Å². The highest BCUT2D eigenvalue weighted by molar-refractivity contribution is 5.73. The van der Waals surface area contributed by atoms with Crippen LogP contribution >= 0.6 is 0 Å². The minimum absolute atomic E-state index is 0.413. The molecule has 0 aromatic heterocycles. The van der Waals surface area contributed by atoms with E-state index < -0.39 is 12.0 Å². The van der Waals surface area contributed by atoms with Crippen LogP contribution in [-0.2, 0) is 17.6 Å². The molecule has 1 aliphatic carbocycles. The van der Waals surface area contributed by atoms with Gasteiger partial charge in [-0.15, -0.1) is 0 Å². The molecule has 1 unspecified atom stereocenters. The number of aryl methyl sites for hydroxylation is 2. The molecule has 0 heterocycles. The third kappa shape index (κ3) is 3.70. The van der Waals surface area contributed by atoms with Crippen LogP contribution in [0.25, 0.3) is 0 Å². The van der Waals surface area contributed by atoms with Crippen LogP contribution in [-0.4, -0.2) is 30.8 Å². The molecule has 1 aromatic rings. The van der Waals surface area contributed by atoms with Gasteiger partial charge in [-0.25, -0.2) is 0 Å². The molecule has 4 nitrogen and oxygen atoms in total. The van der Waals surface area contributed by atoms with Crippen molar-refractivity contribution >= 4 is 5.97 Å². The molecular weight excluding hydrogens is 242 g/mol. The standard InChI is InChI=1S/C15H21NO3/c1-16-14(15(17)18)8-9-19-13-7-6-11-4-2-3-5-12(11)10-13/h6-7,10,14,16H,2-5,8-9H2,1H3,(H,17,18). The number of rotatable bonds is 6. The average Bonchev–Trinajstić information content (AvgIpc) is 2.43. The van der Waals surface area contributed by atoms with E-state index >= 15 is 0 Å². The average molecular weight is 263 g/mol. The summed E-state index contributed by atoms with van der Waals surface area (Å²) in [6.07, 6.45) is 5.27. The number of ether oxygens (including phenoxy) is 1. The number of fused-ring (bicyclic) bond motifs is 1. The predicted octanol–water partition coefficient (Wildman–Crippen LogP) is 2.01. The first-order valence-electron chi connectivity index (χ1n) is 6.85. The summed E-state index contributed by atoms with van der Waals surface area (Å²) >= 11 is 0. The van der Waals surface area contributed by atoms with E-state index in [2.05, 4.69) is 17.4 Å². The zero-order valence-corrected chi connectivity index (χ0v) is 11.3. The summed E-state index contributed by atoms with van der Waals surface area (Å²) in [6, 6.07) is 5.68. The maximum atomic E-state index is 10.8. The maximum Gasteiger partial charge on any atom is 0.320 e. The smallest absolute Gasteiger partial charge is 0.320 e. The molecule has 4 heteroatoms. The van der Waals surface area contributed by atoms with Gasteiger partial charge in [0.2, 0.25) is 0 Å². The van der Waals surface area contributed by atoms with Crippen LogP contribution in [0.4, 0.5) is 0 Å². The van der Waals surface area contributed by atoms with Gasteiger partial charge in [-0.3, -0.25) is 4.79 Å². The SMILES string of the molecule is CNC(CCOc1ccc2c(c1)CCCC2)C(=O)O. The second-order valence-corrected chi connectivity index (χ2v) is 4.95. The van der Waals surface area contributed by atoms with Gasteiger partial charge in [0.05, 0.1) is 6.61 Å². The molecule has 2 rings (SSSR count). The van der Waals surface area contributed by atoms with Crippen molar-refractivity contribution in [3.05, 3.63) is 29.3 Å².